The van der Waals surface area contributed by atoms with E-state index in [1.165, 1.54) is 18.4 Å². The van der Waals surface area contributed by atoms with Gasteiger partial charge in [0.25, 0.3) is 5.88 Å². The van der Waals surface area contributed by atoms with Gasteiger partial charge in [-0.2, -0.15) is 4.98 Å². The number of ether oxygens (including phenoxy) is 2. The van der Waals surface area contributed by atoms with Crippen molar-refractivity contribution >= 4 is 18.2 Å². The van der Waals surface area contributed by atoms with Crippen LogP contribution in [-0.4, -0.2) is 41.8 Å². The summed E-state index contributed by atoms with van der Waals surface area (Å²) in [5, 5.41) is 3.47. The van der Waals surface area contributed by atoms with Gasteiger partial charge in [-0.25, -0.2) is 0 Å². The van der Waals surface area contributed by atoms with Crippen molar-refractivity contribution in [3.8, 4) is 11.6 Å². The van der Waals surface area contributed by atoms with Gasteiger partial charge in [0.1, 0.15) is 11.9 Å². The third kappa shape index (κ3) is 5.76. The van der Waals surface area contributed by atoms with Crippen LogP contribution in [-0.2, 0) is 6.54 Å². The lowest BCUT2D eigenvalue weighted by Gasteiger charge is -2.36. The summed E-state index contributed by atoms with van der Waals surface area (Å²) in [6, 6.07) is 8.67. The summed E-state index contributed by atoms with van der Waals surface area (Å²) in [7, 11) is 0. The second-order valence-electron chi connectivity index (χ2n) is 7.90. The monoisotopic (exact) mass is 432 g/mol. The predicted octanol–water partition coefficient (Wildman–Crippen LogP) is 4.38. The molecule has 0 bridgehead atoms. The highest BCUT2D eigenvalue weighted by Gasteiger charge is 2.25. The van der Waals surface area contributed by atoms with Gasteiger partial charge in [-0.3, -0.25) is 4.98 Å². The zero-order valence-electron chi connectivity index (χ0n) is 17.8. The summed E-state index contributed by atoms with van der Waals surface area (Å²) < 4.78 is 12.1. The minimum absolute atomic E-state index is 0. The molecule has 0 radical (unpaired) electrons. The van der Waals surface area contributed by atoms with Crippen molar-refractivity contribution in [2.75, 3.05) is 24.6 Å². The molecule has 0 unspecified atom stereocenters. The standard InChI is InChI=1S/C23H32N4O2.ClH/c1-2-28-21-9-10-22(26-23(21)29-20-7-3-4-8-20)27(19-11-14-24-15-12-19)17-18-6-5-13-25-16-18;/h5-6,9-10,13,16,19-20,24H,2-4,7-8,11-12,14-15,17H2,1H3;1H. The van der Waals surface area contributed by atoms with Crippen molar-refractivity contribution in [2.45, 2.75) is 64.1 Å². The number of hydrogen-bond donors (Lipinski definition) is 1. The lowest BCUT2D eigenvalue weighted by atomic mass is 10.0. The van der Waals surface area contributed by atoms with Crippen LogP contribution in [0.1, 0.15) is 51.0 Å². The van der Waals surface area contributed by atoms with Crippen LogP contribution in [0.2, 0.25) is 0 Å². The molecule has 0 atom stereocenters. The Morgan fingerprint density at radius 3 is 2.60 bits per heavy atom. The zero-order valence-corrected chi connectivity index (χ0v) is 18.6. The molecule has 6 nitrogen and oxygen atoms in total. The number of hydrogen-bond acceptors (Lipinski definition) is 6. The summed E-state index contributed by atoms with van der Waals surface area (Å²) in [5.74, 6) is 2.34. The SMILES string of the molecule is CCOc1ccc(N(Cc2cccnc2)C2CCNCC2)nc1OC1CCCC1.Cl. The molecule has 1 saturated carbocycles. The van der Waals surface area contributed by atoms with E-state index in [0.29, 0.717) is 18.5 Å². The van der Waals surface area contributed by atoms with E-state index in [4.69, 9.17) is 14.5 Å². The van der Waals surface area contributed by atoms with E-state index in [2.05, 4.69) is 27.3 Å². The van der Waals surface area contributed by atoms with Crippen LogP contribution in [0.25, 0.3) is 0 Å². The van der Waals surface area contributed by atoms with E-state index in [-0.39, 0.29) is 18.5 Å². The molecule has 1 N–H and O–H groups in total. The Bertz CT molecular complexity index is 765. The van der Waals surface area contributed by atoms with Crippen LogP contribution in [0.15, 0.2) is 36.7 Å². The van der Waals surface area contributed by atoms with Crippen molar-refractivity contribution in [3.63, 3.8) is 0 Å². The molecule has 3 heterocycles. The van der Waals surface area contributed by atoms with Gasteiger partial charge < -0.3 is 19.7 Å². The highest BCUT2D eigenvalue weighted by Crippen LogP contribution is 2.33. The summed E-state index contributed by atoms with van der Waals surface area (Å²) in [6.45, 7) is 5.47. The summed E-state index contributed by atoms with van der Waals surface area (Å²) in [5.41, 5.74) is 1.19. The Kier molecular flexibility index (Phi) is 8.58. The Morgan fingerprint density at radius 1 is 1.10 bits per heavy atom. The minimum atomic E-state index is 0. The molecule has 0 aromatic carbocycles. The molecule has 0 amide bonds. The second-order valence-corrected chi connectivity index (χ2v) is 7.90. The number of anilines is 1. The Hall–Kier alpha value is -2.05. The minimum Gasteiger partial charge on any atom is -0.488 e. The summed E-state index contributed by atoms with van der Waals surface area (Å²) in [6.07, 6.45) is 10.9. The molecule has 0 spiro atoms. The molecule has 2 fully saturated rings. The lowest BCUT2D eigenvalue weighted by Crippen LogP contribution is -2.43. The average Bonchev–Trinajstić information content (AvgIpc) is 3.28. The number of nitrogens with one attached hydrogen (secondary N) is 1. The third-order valence-electron chi connectivity index (χ3n) is 5.81. The van der Waals surface area contributed by atoms with Gasteiger partial charge in [-0.15, -0.1) is 12.4 Å². The smallest absolute Gasteiger partial charge is 0.259 e. The highest BCUT2D eigenvalue weighted by atomic mass is 35.5. The van der Waals surface area contributed by atoms with Crippen molar-refractivity contribution in [1.29, 1.82) is 0 Å². The van der Waals surface area contributed by atoms with Gasteiger partial charge in [-0.05, 0) is 82.3 Å². The number of rotatable bonds is 8. The van der Waals surface area contributed by atoms with E-state index in [9.17, 15) is 0 Å². The predicted molar refractivity (Wildman–Crippen MR) is 122 cm³/mol. The van der Waals surface area contributed by atoms with Crippen LogP contribution < -0.4 is 19.7 Å². The number of piperidine rings is 1. The van der Waals surface area contributed by atoms with Crippen LogP contribution in [0.3, 0.4) is 0 Å². The topological polar surface area (TPSA) is 59.5 Å². The van der Waals surface area contributed by atoms with E-state index in [1.807, 2.05) is 31.5 Å². The van der Waals surface area contributed by atoms with Crippen molar-refractivity contribution in [3.05, 3.63) is 42.2 Å². The second kappa shape index (κ2) is 11.4. The first-order valence-corrected chi connectivity index (χ1v) is 11.0. The van der Waals surface area contributed by atoms with E-state index >= 15 is 0 Å². The van der Waals surface area contributed by atoms with Crippen LogP contribution in [0.4, 0.5) is 5.82 Å². The normalized spacial score (nSPS) is 17.4. The summed E-state index contributed by atoms with van der Waals surface area (Å²) in [4.78, 5) is 11.7. The molecule has 1 aliphatic heterocycles. The van der Waals surface area contributed by atoms with Crippen molar-refractivity contribution in [1.82, 2.24) is 15.3 Å². The number of nitrogens with zero attached hydrogens (tertiary/aromatic N) is 3. The molecule has 2 aromatic rings. The van der Waals surface area contributed by atoms with Gasteiger partial charge in [0.15, 0.2) is 5.75 Å². The van der Waals surface area contributed by atoms with Gasteiger partial charge in [0.05, 0.1) is 6.61 Å². The number of aromatic nitrogens is 2. The van der Waals surface area contributed by atoms with Gasteiger partial charge in [0, 0.05) is 25.0 Å². The maximum absolute atomic E-state index is 6.30. The lowest BCUT2D eigenvalue weighted by molar-refractivity contribution is 0.188. The molecular formula is C23H33ClN4O2. The molecule has 164 valence electrons. The average molecular weight is 433 g/mol. The first kappa shape index (κ1) is 22.6. The maximum Gasteiger partial charge on any atom is 0.259 e. The molecule has 30 heavy (non-hydrogen) atoms. The molecule has 2 aliphatic rings. The largest absolute Gasteiger partial charge is 0.488 e. The summed E-state index contributed by atoms with van der Waals surface area (Å²) >= 11 is 0. The van der Waals surface area contributed by atoms with Crippen LogP contribution >= 0.6 is 12.4 Å². The van der Waals surface area contributed by atoms with Crippen molar-refractivity contribution < 1.29 is 9.47 Å². The van der Waals surface area contributed by atoms with Crippen LogP contribution in [0, 0.1) is 0 Å². The number of halogens is 1. The molecular weight excluding hydrogens is 400 g/mol. The van der Waals surface area contributed by atoms with Gasteiger partial charge in [-0.1, -0.05) is 6.07 Å². The first-order valence-electron chi connectivity index (χ1n) is 11.0. The first-order chi connectivity index (χ1) is 14.3. The quantitative estimate of drug-likeness (QED) is 0.668. The molecule has 1 saturated heterocycles. The van der Waals surface area contributed by atoms with E-state index in [1.54, 1.807) is 0 Å². The molecule has 7 heteroatoms. The fourth-order valence-corrected chi connectivity index (χ4v) is 4.30. The molecule has 1 aliphatic carbocycles. The maximum atomic E-state index is 6.30. The fourth-order valence-electron chi connectivity index (χ4n) is 4.30. The van der Waals surface area contributed by atoms with Gasteiger partial charge in [0.2, 0.25) is 0 Å². The number of pyridine rings is 2. The molecule has 2 aromatic heterocycles. The Balaban J connectivity index is 0.00000256. The Labute approximate surface area is 185 Å². The Morgan fingerprint density at radius 2 is 1.90 bits per heavy atom. The van der Waals surface area contributed by atoms with E-state index < -0.39 is 0 Å². The van der Waals surface area contributed by atoms with Crippen molar-refractivity contribution in [2.24, 2.45) is 0 Å². The van der Waals surface area contributed by atoms with Crippen LogP contribution in [0.5, 0.6) is 11.6 Å². The third-order valence-corrected chi connectivity index (χ3v) is 5.81. The fraction of sp³-hybridized carbons (Fsp3) is 0.565. The van der Waals surface area contributed by atoms with Gasteiger partial charge >= 0.3 is 0 Å². The molecule has 4 rings (SSSR count). The highest BCUT2D eigenvalue weighted by molar-refractivity contribution is 5.85. The zero-order chi connectivity index (χ0) is 19.9. The van der Waals surface area contributed by atoms with E-state index in [0.717, 1.165) is 56.9 Å².